The molecule has 1 aromatic heterocycles. The van der Waals surface area contributed by atoms with Crippen molar-refractivity contribution < 1.29 is 14.3 Å². The molecular weight excluding hydrogens is 211 g/mol. The molecule has 1 fully saturated rings. The Labute approximate surface area is 92.7 Å². The topological polar surface area (TPSA) is 53.4 Å². The van der Waals surface area contributed by atoms with Gasteiger partial charge in [0.15, 0.2) is 11.6 Å². The van der Waals surface area contributed by atoms with Crippen LogP contribution in [0.4, 0.5) is 10.2 Å². The van der Waals surface area contributed by atoms with E-state index in [0.29, 0.717) is 5.92 Å². The second kappa shape index (κ2) is 4.08. The molecule has 0 amide bonds. The molecule has 4 nitrogen and oxygen atoms in total. The standard InChI is InChI=1S/C11H13FN2O2/c1-7-3-5-14(6-7)10-9(12)8(11(15)16)2-4-13-10/h2,4,7H,3,5-6H2,1H3,(H,15,16). The van der Waals surface area contributed by atoms with Crippen molar-refractivity contribution in [3.63, 3.8) is 0 Å². The molecule has 0 saturated carbocycles. The van der Waals surface area contributed by atoms with Gasteiger partial charge in [0.25, 0.3) is 0 Å². The summed E-state index contributed by atoms with van der Waals surface area (Å²) in [6.07, 6.45) is 2.32. The molecule has 1 aliphatic heterocycles. The van der Waals surface area contributed by atoms with Gasteiger partial charge in [0.05, 0.1) is 0 Å². The average molecular weight is 224 g/mol. The zero-order valence-electron chi connectivity index (χ0n) is 8.98. The maximum atomic E-state index is 13.8. The van der Waals surface area contributed by atoms with E-state index in [0.717, 1.165) is 19.5 Å². The van der Waals surface area contributed by atoms with Gasteiger partial charge in [0.2, 0.25) is 0 Å². The van der Waals surface area contributed by atoms with E-state index < -0.39 is 11.8 Å². The number of nitrogens with zero attached hydrogens (tertiary/aromatic N) is 2. The fourth-order valence-corrected chi connectivity index (χ4v) is 1.95. The van der Waals surface area contributed by atoms with Gasteiger partial charge in [-0.1, -0.05) is 6.92 Å². The molecule has 1 unspecified atom stereocenters. The summed E-state index contributed by atoms with van der Waals surface area (Å²) in [5.41, 5.74) is -0.315. The summed E-state index contributed by atoms with van der Waals surface area (Å²) in [6.45, 7) is 3.54. The van der Waals surface area contributed by atoms with Crippen molar-refractivity contribution in [2.75, 3.05) is 18.0 Å². The maximum Gasteiger partial charge on any atom is 0.338 e. The number of hydrogen-bond donors (Lipinski definition) is 1. The Morgan fingerprint density at radius 2 is 2.44 bits per heavy atom. The Kier molecular flexibility index (Phi) is 2.77. The Balaban J connectivity index is 2.34. The first kappa shape index (κ1) is 10.9. The van der Waals surface area contributed by atoms with Crippen LogP contribution < -0.4 is 4.90 Å². The fourth-order valence-electron chi connectivity index (χ4n) is 1.95. The van der Waals surface area contributed by atoms with Gasteiger partial charge in [-0.2, -0.15) is 0 Å². The van der Waals surface area contributed by atoms with Gasteiger partial charge in [-0.05, 0) is 18.4 Å². The quantitative estimate of drug-likeness (QED) is 0.831. The molecule has 0 aliphatic carbocycles. The van der Waals surface area contributed by atoms with E-state index in [-0.39, 0.29) is 11.4 Å². The number of aromatic carboxylic acids is 1. The van der Waals surface area contributed by atoms with E-state index >= 15 is 0 Å². The summed E-state index contributed by atoms with van der Waals surface area (Å²) in [4.78, 5) is 16.5. The summed E-state index contributed by atoms with van der Waals surface area (Å²) in [5, 5.41) is 8.80. The van der Waals surface area contributed by atoms with E-state index in [1.165, 1.54) is 12.3 Å². The van der Waals surface area contributed by atoms with Crippen LogP contribution in [0.2, 0.25) is 0 Å². The largest absolute Gasteiger partial charge is 0.478 e. The lowest BCUT2D eigenvalue weighted by molar-refractivity contribution is 0.0692. The molecule has 1 atom stereocenters. The first-order valence-corrected chi connectivity index (χ1v) is 5.22. The highest BCUT2D eigenvalue weighted by Crippen LogP contribution is 2.25. The molecule has 0 spiro atoms. The second-order valence-corrected chi connectivity index (χ2v) is 4.14. The SMILES string of the molecule is CC1CCN(c2nccc(C(=O)O)c2F)C1. The first-order valence-electron chi connectivity index (χ1n) is 5.22. The number of carboxylic acid groups (broad SMARTS) is 1. The molecule has 0 radical (unpaired) electrons. The fraction of sp³-hybridized carbons (Fsp3) is 0.455. The van der Waals surface area contributed by atoms with Crippen LogP contribution >= 0.6 is 0 Å². The number of hydrogen-bond acceptors (Lipinski definition) is 3. The molecule has 0 bridgehead atoms. The van der Waals surface area contributed by atoms with E-state index in [1.807, 2.05) is 0 Å². The van der Waals surface area contributed by atoms with Crippen molar-refractivity contribution in [3.8, 4) is 0 Å². The van der Waals surface area contributed by atoms with E-state index in [2.05, 4.69) is 11.9 Å². The summed E-state index contributed by atoms with van der Waals surface area (Å²) in [6, 6.07) is 1.18. The summed E-state index contributed by atoms with van der Waals surface area (Å²) in [5.74, 6) is -1.34. The first-order chi connectivity index (χ1) is 7.59. The lowest BCUT2D eigenvalue weighted by Gasteiger charge is -2.17. The van der Waals surface area contributed by atoms with Crippen molar-refractivity contribution in [2.24, 2.45) is 5.92 Å². The van der Waals surface area contributed by atoms with E-state index in [9.17, 15) is 9.18 Å². The number of carboxylic acids is 1. The van der Waals surface area contributed by atoms with Crippen LogP contribution in [0.1, 0.15) is 23.7 Å². The highest BCUT2D eigenvalue weighted by molar-refractivity contribution is 5.88. The van der Waals surface area contributed by atoms with Crippen molar-refractivity contribution in [3.05, 3.63) is 23.6 Å². The van der Waals surface area contributed by atoms with Gasteiger partial charge >= 0.3 is 5.97 Å². The molecule has 1 aliphatic rings. The third-order valence-corrected chi connectivity index (χ3v) is 2.82. The minimum absolute atomic E-state index is 0.157. The molecule has 5 heteroatoms. The molecule has 1 saturated heterocycles. The monoisotopic (exact) mass is 224 g/mol. The molecule has 16 heavy (non-hydrogen) atoms. The number of anilines is 1. The third kappa shape index (κ3) is 1.85. The molecule has 1 aromatic rings. The van der Waals surface area contributed by atoms with Crippen LogP contribution in [0.5, 0.6) is 0 Å². The normalized spacial score (nSPS) is 20.1. The Morgan fingerprint density at radius 3 is 3.00 bits per heavy atom. The van der Waals surface area contributed by atoms with E-state index in [4.69, 9.17) is 5.11 Å². The Morgan fingerprint density at radius 1 is 1.69 bits per heavy atom. The van der Waals surface area contributed by atoms with Gasteiger partial charge in [0.1, 0.15) is 5.56 Å². The van der Waals surface area contributed by atoms with Crippen molar-refractivity contribution >= 4 is 11.8 Å². The van der Waals surface area contributed by atoms with Crippen LogP contribution in [0, 0.1) is 11.7 Å². The van der Waals surface area contributed by atoms with Gasteiger partial charge in [-0.25, -0.2) is 14.2 Å². The summed E-state index contributed by atoms with van der Waals surface area (Å²) >= 11 is 0. The lowest BCUT2D eigenvalue weighted by atomic mass is 10.2. The third-order valence-electron chi connectivity index (χ3n) is 2.82. The lowest BCUT2D eigenvalue weighted by Crippen LogP contribution is -2.22. The van der Waals surface area contributed by atoms with Crippen LogP contribution in [0.25, 0.3) is 0 Å². The van der Waals surface area contributed by atoms with Crippen molar-refractivity contribution in [1.82, 2.24) is 4.98 Å². The minimum atomic E-state index is -1.26. The van der Waals surface area contributed by atoms with Gasteiger partial charge in [0, 0.05) is 19.3 Å². The smallest absolute Gasteiger partial charge is 0.338 e. The molecular formula is C11H13FN2O2. The second-order valence-electron chi connectivity index (χ2n) is 4.14. The van der Waals surface area contributed by atoms with Crippen molar-refractivity contribution in [1.29, 1.82) is 0 Å². The molecule has 2 heterocycles. The van der Waals surface area contributed by atoms with Crippen LogP contribution in [0.15, 0.2) is 12.3 Å². The number of carbonyl (C=O) groups is 1. The number of aromatic nitrogens is 1. The Hall–Kier alpha value is -1.65. The van der Waals surface area contributed by atoms with Crippen LogP contribution in [-0.4, -0.2) is 29.1 Å². The highest BCUT2D eigenvalue weighted by Gasteiger charge is 2.25. The van der Waals surface area contributed by atoms with Gasteiger partial charge in [-0.3, -0.25) is 0 Å². The molecule has 2 rings (SSSR count). The van der Waals surface area contributed by atoms with Gasteiger partial charge < -0.3 is 10.0 Å². The predicted octanol–water partition coefficient (Wildman–Crippen LogP) is 1.77. The minimum Gasteiger partial charge on any atom is -0.478 e. The average Bonchev–Trinajstić information content (AvgIpc) is 2.64. The zero-order chi connectivity index (χ0) is 11.7. The maximum absolute atomic E-state index is 13.8. The summed E-state index contributed by atoms with van der Waals surface area (Å²) < 4.78 is 13.8. The zero-order valence-corrected chi connectivity index (χ0v) is 8.98. The molecule has 1 N–H and O–H groups in total. The number of rotatable bonds is 2. The highest BCUT2D eigenvalue weighted by atomic mass is 19.1. The molecule has 0 aromatic carbocycles. The summed E-state index contributed by atoms with van der Waals surface area (Å²) in [7, 11) is 0. The number of pyridine rings is 1. The van der Waals surface area contributed by atoms with Crippen LogP contribution in [-0.2, 0) is 0 Å². The van der Waals surface area contributed by atoms with Crippen LogP contribution in [0.3, 0.4) is 0 Å². The number of halogens is 1. The van der Waals surface area contributed by atoms with Crippen molar-refractivity contribution in [2.45, 2.75) is 13.3 Å². The molecule has 86 valence electrons. The Bertz CT molecular complexity index is 422. The van der Waals surface area contributed by atoms with E-state index in [1.54, 1.807) is 4.90 Å². The predicted molar refractivity (Wildman–Crippen MR) is 57.1 cm³/mol. The van der Waals surface area contributed by atoms with Gasteiger partial charge in [-0.15, -0.1) is 0 Å².